The maximum Gasteiger partial charge on any atom is 0.337 e. The fourth-order valence-corrected chi connectivity index (χ4v) is 2.97. The fourth-order valence-electron chi connectivity index (χ4n) is 2.97. The predicted octanol–water partition coefficient (Wildman–Crippen LogP) is 2.45. The van der Waals surface area contributed by atoms with Crippen LogP contribution in [0.4, 0.5) is 0 Å². The number of hydrogen-bond acceptors (Lipinski definition) is 6. The van der Waals surface area contributed by atoms with Crippen molar-refractivity contribution in [1.82, 2.24) is 19.7 Å². The predicted molar refractivity (Wildman–Crippen MR) is 84.4 cm³/mol. The molecule has 122 valence electrons. The molecule has 1 atom stereocenters. The number of rotatable bonds is 3. The van der Waals surface area contributed by atoms with Crippen LogP contribution in [0.25, 0.3) is 11.4 Å². The van der Waals surface area contributed by atoms with E-state index in [1.54, 1.807) is 24.3 Å². The van der Waals surface area contributed by atoms with Gasteiger partial charge >= 0.3 is 5.97 Å². The zero-order valence-electron chi connectivity index (χ0n) is 13.2. The summed E-state index contributed by atoms with van der Waals surface area (Å²) in [6.07, 6.45) is 5.54. The van der Waals surface area contributed by atoms with E-state index >= 15 is 0 Å². The number of carbonyl (C=O) groups is 1. The second-order valence-electron chi connectivity index (χ2n) is 5.79. The van der Waals surface area contributed by atoms with Crippen molar-refractivity contribution in [2.75, 3.05) is 7.11 Å². The molecule has 0 saturated carbocycles. The summed E-state index contributed by atoms with van der Waals surface area (Å²) in [7, 11) is 1.36. The molecule has 1 unspecified atom stereocenters. The van der Waals surface area contributed by atoms with Gasteiger partial charge in [-0.25, -0.2) is 9.78 Å². The first-order valence-electron chi connectivity index (χ1n) is 7.76. The molecular weight excluding hydrogens is 308 g/mol. The van der Waals surface area contributed by atoms with Crippen molar-refractivity contribution in [3.63, 3.8) is 0 Å². The summed E-state index contributed by atoms with van der Waals surface area (Å²) in [5.41, 5.74) is 2.48. The highest BCUT2D eigenvalue weighted by atomic mass is 16.5. The Morgan fingerprint density at radius 2 is 2.17 bits per heavy atom. The largest absolute Gasteiger partial charge is 0.465 e. The van der Waals surface area contributed by atoms with Crippen molar-refractivity contribution in [3.8, 4) is 11.4 Å². The van der Waals surface area contributed by atoms with Gasteiger partial charge in [0, 0.05) is 36.3 Å². The van der Waals surface area contributed by atoms with Crippen LogP contribution in [0.5, 0.6) is 0 Å². The van der Waals surface area contributed by atoms with Gasteiger partial charge in [0.1, 0.15) is 0 Å². The van der Waals surface area contributed by atoms with Crippen LogP contribution in [0.2, 0.25) is 0 Å². The third-order valence-corrected chi connectivity index (χ3v) is 4.33. The number of aryl methyl sites for hydroxylation is 1. The van der Waals surface area contributed by atoms with E-state index in [0.29, 0.717) is 17.3 Å². The number of aromatic nitrogens is 4. The Morgan fingerprint density at radius 3 is 2.96 bits per heavy atom. The van der Waals surface area contributed by atoms with E-state index < -0.39 is 0 Å². The maximum absolute atomic E-state index is 11.5. The quantitative estimate of drug-likeness (QED) is 0.688. The topological polar surface area (TPSA) is 83.0 Å². The maximum atomic E-state index is 11.5. The van der Waals surface area contributed by atoms with E-state index in [4.69, 9.17) is 9.26 Å². The number of esters is 1. The molecule has 24 heavy (non-hydrogen) atoms. The van der Waals surface area contributed by atoms with Crippen LogP contribution in [0.1, 0.15) is 34.3 Å². The molecule has 1 aromatic carbocycles. The minimum absolute atomic E-state index is 0.213. The molecular formula is C17H16N4O3. The van der Waals surface area contributed by atoms with Crippen LogP contribution in [-0.4, -0.2) is 32.8 Å². The van der Waals surface area contributed by atoms with Gasteiger partial charge in [0.2, 0.25) is 11.7 Å². The number of carbonyl (C=O) groups excluding carboxylic acids is 1. The molecule has 1 aliphatic rings. The lowest BCUT2D eigenvalue weighted by Gasteiger charge is -2.20. The van der Waals surface area contributed by atoms with Crippen molar-refractivity contribution >= 4 is 5.97 Å². The summed E-state index contributed by atoms with van der Waals surface area (Å²) in [5.74, 6) is 1.02. The SMILES string of the molecule is COC(=O)c1ccc(-c2noc(C3CCn4cncc4C3)n2)cc1. The van der Waals surface area contributed by atoms with E-state index in [9.17, 15) is 4.79 Å². The monoisotopic (exact) mass is 324 g/mol. The molecule has 0 amide bonds. The second kappa shape index (κ2) is 5.92. The lowest BCUT2D eigenvalue weighted by atomic mass is 9.96. The van der Waals surface area contributed by atoms with E-state index in [-0.39, 0.29) is 11.9 Å². The molecule has 3 heterocycles. The summed E-state index contributed by atoms with van der Waals surface area (Å²) in [6.45, 7) is 0.908. The minimum Gasteiger partial charge on any atom is -0.465 e. The number of ether oxygens (including phenoxy) is 1. The smallest absolute Gasteiger partial charge is 0.337 e. The first-order chi connectivity index (χ1) is 11.7. The molecule has 0 bridgehead atoms. The highest BCUT2D eigenvalue weighted by Crippen LogP contribution is 2.29. The van der Waals surface area contributed by atoms with E-state index in [0.717, 1.165) is 24.9 Å². The normalized spacial score (nSPS) is 16.6. The van der Waals surface area contributed by atoms with Crippen LogP contribution in [0, 0.1) is 0 Å². The van der Waals surface area contributed by atoms with E-state index in [1.807, 2.05) is 12.5 Å². The summed E-state index contributed by atoms with van der Waals surface area (Å²) in [5, 5.41) is 4.08. The number of imidazole rings is 1. The van der Waals surface area contributed by atoms with Crippen LogP contribution < -0.4 is 0 Å². The first kappa shape index (κ1) is 14.6. The van der Waals surface area contributed by atoms with Crippen molar-refractivity contribution in [3.05, 3.63) is 53.9 Å². The summed E-state index contributed by atoms with van der Waals surface area (Å²) in [6, 6.07) is 6.96. The van der Waals surface area contributed by atoms with Crippen molar-refractivity contribution in [1.29, 1.82) is 0 Å². The molecule has 0 saturated heterocycles. The van der Waals surface area contributed by atoms with Gasteiger partial charge in [0.15, 0.2) is 0 Å². The Hall–Kier alpha value is -2.96. The Bertz CT molecular complexity index is 866. The standard InChI is InChI=1S/C17H16N4O3/c1-23-17(22)12-4-2-11(3-5-12)15-19-16(24-20-15)13-6-7-21-10-18-9-14(21)8-13/h2-5,9-10,13H,6-8H2,1H3. The molecule has 0 fully saturated rings. The fraction of sp³-hybridized carbons (Fsp3) is 0.294. The third kappa shape index (κ3) is 2.58. The average Bonchev–Trinajstić information content (AvgIpc) is 3.29. The van der Waals surface area contributed by atoms with Gasteiger partial charge in [-0.15, -0.1) is 0 Å². The Morgan fingerprint density at radius 1 is 1.33 bits per heavy atom. The molecule has 0 N–H and O–H groups in total. The van der Waals surface area contributed by atoms with Gasteiger partial charge in [0.05, 0.1) is 19.0 Å². The molecule has 7 nitrogen and oxygen atoms in total. The Balaban J connectivity index is 1.54. The molecule has 7 heteroatoms. The average molecular weight is 324 g/mol. The number of fused-ring (bicyclic) bond motifs is 1. The lowest BCUT2D eigenvalue weighted by Crippen LogP contribution is -2.17. The molecule has 0 spiro atoms. The van der Waals surface area contributed by atoms with Crippen LogP contribution >= 0.6 is 0 Å². The highest BCUT2D eigenvalue weighted by Gasteiger charge is 2.25. The van der Waals surface area contributed by atoms with Gasteiger partial charge in [-0.05, 0) is 18.6 Å². The van der Waals surface area contributed by atoms with Crippen LogP contribution in [-0.2, 0) is 17.7 Å². The van der Waals surface area contributed by atoms with Gasteiger partial charge in [-0.2, -0.15) is 4.98 Å². The van der Waals surface area contributed by atoms with Gasteiger partial charge in [-0.1, -0.05) is 17.3 Å². The molecule has 2 aromatic heterocycles. The Labute approximate surface area is 138 Å². The first-order valence-corrected chi connectivity index (χ1v) is 7.76. The highest BCUT2D eigenvalue weighted by molar-refractivity contribution is 5.89. The zero-order valence-corrected chi connectivity index (χ0v) is 13.2. The van der Waals surface area contributed by atoms with Crippen molar-refractivity contribution in [2.45, 2.75) is 25.3 Å². The van der Waals surface area contributed by atoms with Gasteiger partial charge in [0.25, 0.3) is 0 Å². The number of hydrogen-bond donors (Lipinski definition) is 0. The van der Waals surface area contributed by atoms with E-state index in [1.165, 1.54) is 12.8 Å². The van der Waals surface area contributed by atoms with Crippen molar-refractivity contribution < 1.29 is 14.1 Å². The summed E-state index contributed by atoms with van der Waals surface area (Å²) < 4.78 is 12.3. The number of benzene rings is 1. The van der Waals surface area contributed by atoms with Crippen LogP contribution in [0.15, 0.2) is 41.3 Å². The Kier molecular flexibility index (Phi) is 3.60. The van der Waals surface area contributed by atoms with Gasteiger partial charge in [-0.3, -0.25) is 0 Å². The molecule has 4 rings (SSSR count). The zero-order chi connectivity index (χ0) is 16.5. The lowest BCUT2D eigenvalue weighted by molar-refractivity contribution is 0.0601. The molecule has 0 radical (unpaired) electrons. The summed E-state index contributed by atoms with van der Waals surface area (Å²) in [4.78, 5) is 20.2. The van der Waals surface area contributed by atoms with Gasteiger partial charge < -0.3 is 13.8 Å². The van der Waals surface area contributed by atoms with Crippen molar-refractivity contribution in [2.24, 2.45) is 0 Å². The minimum atomic E-state index is -0.367. The summed E-state index contributed by atoms with van der Waals surface area (Å²) >= 11 is 0. The van der Waals surface area contributed by atoms with E-state index in [2.05, 4.69) is 19.7 Å². The van der Waals surface area contributed by atoms with Crippen LogP contribution in [0.3, 0.4) is 0 Å². The number of methoxy groups -OCH3 is 1. The molecule has 0 aliphatic carbocycles. The third-order valence-electron chi connectivity index (χ3n) is 4.33. The molecule has 3 aromatic rings. The molecule has 1 aliphatic heterocycles. The number of nitrogens with zero attached hydrogens (tertiary/aromatic N) is 4. The second-order valence-corrected chi connectivity index (χ2v) is 5.79.